The van der Waals surface area contributed by atoms with Crippen LogP contribution in [0.1, 0.15) is 11.6 Å². The monoisotopic (exact) mass is 312 g/mol. The molecule has 0 radical (unpaired) electrons. The summed E-state index contributed by atoms with van der Waals surface area (Å²) in [5, 5.41) is 7.04. The van der Waals surface area contributed by atoms with Crippen molar-refractivity contribution in [1.29, 1.82) is 0 Å². The van der Waals surface area contributed by atoms with Crippen molar-refractivity contribution in [3.05, 3.63) is 48.0 Å². The third-order valence-corrected chi connectivity index (χ3v) is 3.14. The smallest absolute Gasteiger partial charge is 0.248 e. The van der Waals surface area contributed by atoms with Gasteiger partial charge in [0.15, 0.2) is 0 Å². The first kappa shape index (κ1) is 17.1. The van der Waals surface area contributed by atoms with E-state index in [2.05, 4.69) is 10.4 Å². The average Bonchev–Trinajstić information content (AvgIpc) is 2.86. The number of benzene rings is 1. The molecule has 1 unspecified atom stereocenters. The van der Waals surface area contributed by atoms with E-state index in [1.54, 1.807) is 50.4 Å². The summed E-state index contributed by atoms with van der Waals surface area (Å²) in [5.41, 5.74) is 1.43. The van der Waals surface area contributed by atoms with Gasteiger partial charge in [-0.1, -0.05) is 0 Å². The van der Waals surface area contributed by atoms with Crippen molar-refractivity contribution in [2.75, 3.05) is 19.0 Å². The van der Waals surface area contributed by atoms with Gasteiger partial charge in [-0.05, 0) is 31.3 Å². The topological polar surface area (TPSA) is 50.2 Å². The van der Waals surface area contributed by atoms with Crippen LogP contribution in [0.4, 0.5) is 10.1 Å². The molecule has 0 aliphatic carbocycles. The van der Waals surface area contributed by atoms with Gasteiger partial charge in [-0.3, -0.25) is 9.48 Å². The second-order valence-electron chi connectivity index (χ2n) is 4.54. The van der Waals surface area contributed by atoms with Crippen LogP contribution in [-0.4, -0.2) is 29.8 Å². The molecule has 0 saturated heterocycles. The van der Waals surface area contributed by atoms with Gasteiger partial charge >= 0.3 is 0 Å². The number of likely N-dealkylation sites (N-methyl/N-ethyl adjacent to an activating group) is 2. The van der Waals surface area contributed by atoms with Gasteiger partial charge < -0.3 is 10.2 Å². The Kier molecular flexibility index (Phi) is 5.87. The van der Waals surface area contributed by atoms with E-state index < -0.39 is 6.04 Å². The summed E-state index contributed by atoms with van der Waals surface area (Å²) >= 11 is 0. The quantitative estimate of drug-likeness (QED) is 0.938. The van der Waals surface area contributed by atoms with Crippen LogP contribution < -0.4 is 10.2 Å². The van der Waals surface area contributed by atoms with Gasteiger partial charge in [-0.15, -0.1) is 12.4 Å². The van der Waals surface area contributed by atoms with Gasteiger partial charge in [0.25, 0.3) is 0 Å². The fourth-order valence-corrected chi connectivity index (χ4v) is 2.01. The third-order valence-electron chi connectivity index (χ3n) is 3.14. The Bertz CT molecular complexity index is 599. The number of carbonyl (C=O) groups is 1. The number of nitrogens with one attached hydrogen (secondary N) is 1. The maximum atomic E-state index is 12.9. The molecule has 2 rings (SSSR count). The van der Waals surface area contributed by atoms with Crippen molar-refractivity contribution in [3.63, 3.8) is 0 Å². The first-order valence-electron chi connectivity index (χ1n) is 6.22. The zero-order valence-corrected chi connectivity index (χ0v) is 12.9. The third kappa shape index (κ3) is 3.80. The van der Waals surface area contributed by atoms with Gasteiger partial charge in [0, 0.05) is 31.5 Å². The van der Waals surface area contributed by atoms with Crippen molar-refractivity contribution in [2.45, 2.75) is 6.04 Å². The van der Waals surface area contributed by atoms with Crippen molar-refractivity contribution in [2.24, 2.45) is 7.05 Å². The Morgan fingerprint density at radius 3 is 2.48 bits per heavy atom. The minimum atomic E-state index is -0.487. The Balaban J connectivity index is 0.00000220. The molecule has 1 aromatic heterocycles. The van der Waals surface area contributed by atoms with E-state index in [0.29, 0.717) is 5.69 Å². The highest BCUT2D eigenvalue weighted by Crippen LogP contribution is 2.19. The lowest BCUT2D eigenvalue weighted by atomic mass is 10.1. The number of aromatic nitrogens is 2. The van der Waals surface area contributed by atoms with Gasteiger partial charge in [0.05, 0.1) is 6.20 Å². The second-order valence-corrected chi connectivity index (χ2v) is 4.54. The van der Waals surface area contributed by atoms with E-state index in [4.69, 9.17) is 0 Å². The van der Waals surface area contributed by atoms with Gasteiger partial charge in [0.2, 0.25) is 5.91 Å². The standard InChI is InChI=1S/C14H17FN4O.ClH/c1-16-13(10-8-17-18(2)9-10)14(20)19(3)12-6-4-11(15)5-7-12;/h4-9,13,16H,1-3H3;1H. The molecule has 1 heterocycles. The van der Waals surface area contributed by atoms with Crippen LogP contribution in [0, 0.1) is 5.82 Å². The fraction of sp³-hybridized carbons (Fsp3) is 0.286. The highest BCUT2D eigenvalue weighted by Gasteiger charge is 2.24. The van der Waals surface area contributed by atoms with Gasteiger partial charge in [0.1, 0.15) is 11.9 Å². The molecule has 7 heteroatoms. The van der Waals surface area contributed by atoms with Crippen LogP contribution in [0.25, 0.3) is 0 Å². The summed E-state index contributed by atoms with van der Waals surface area (Å²) in [6.45, 7) is 0. The van der Waals surface area contributed by atoms with Gasteiger partial charge in [-0.2, -0.15) is 5.10 Å². The number of rotatable bonds is 4. The highest BCUT2D eigenvalue weighted by atomic mass is 35.5. The first-order chi connectivity index (χ1) is 9.52. The minimum Gasteiger partial charge on any atom is -0.314 e. The SMILES string of the molecule is CNC(C(=O)N(C)c1ccc(F)cc1)c1cnn(C)c1.Cl. The van der Waals surface area contributed by atoms with Crippen molar-refractivity contribution >= 4 is 24.0 Å². The van der Waals surface area contributed by atoms with Crippen LogP contribution in [0.2, 0.25) is 0 Å². The van der Waals surface area contributed by atoms with E-state index in [1.807, 2.05) is 0 Å². The van der Waals surface area contributed by atoms with E-state index >= 15 is 0 Å². The number of anilines is 1. The number of carbonyl (C=O) groups excluding carboxylic acids is 1. The Morgan fingerprint density at radius 2 is 2.00 bits per heavy atom. The average molecular weight is 313 g/mol. The van der Waals surface area contributed by atoms with Crippen molar-refractivity contribution in [3.8, 4) is 0 Å². The Labute approximate surface area is 129 Å². The maximum absolute atomic E-state index is 12.9. The van der Waals surface area contributed by atoms with Crippen molar-refractivity contribution < 1.29 is 9.18 Å². The molecule has 0 aliphatic rings. The maximum Gasteiger partial charge on any atom is 0.248 e. The molecule has 1 N–H and O–H groups in total. The number of halogens is 2. The van der Waals surface area contributed by atoms with Crippen LogP contribution in [0.3, 0.4) is 0 Å². The molecule has 2 aromatic rings. The summed E-state index contributed by atoms with van der Waals surface area (Å²) in [4.78, 5) is 14.0. The summed E-state index contributed by atoms with van der Waals surface area (Å²) in [6, 6.07) is 5.32. The van der Waals surface area contributed by atoms with Crippen LogP contribution in [0.15, 0.2) is 36.7 Å². The minimum absolute atomic E-state index is 0. The zero-order chi connectivity index (χ0) is 14.7. The number of hydrogen-bond donors (Lipinski definition) is 1. The number of amides is 1. The number of hydrogen-bond acceptors (Lipinski definition) is 3. The lowest BCUT2D eigenvalue weighted by molar-refractivity contribution is -0.120. The molecule has 0 saturated carbocycles. The summed E-state index contributed by atoms with van der Waals surface area (Å²) in [6.07, 6.45) is 3.44. The van der Waals surface area contributed by atoms with Crippen molar-refractivity contribution in [1.82, 2.24) is 15.1 Å². The molecule has 0 spiro atoms. The van der Waals surface area contributed by atoms with Crippen LogP contribution >= 0.6 is 12.4 Å². The van der Waals surface area contributed by atoms with Crippen LogP contribution in [0.5, 0.6) is 0 Å². The lowest BCUT2D eigenvalue weighted by Gasteiger charge is -2.23. The van der Waals surface area contributed by atoms with Gasteiger partial charge in [-0.25, -0.2) is 4.39 Å². The summed E-state index contributed by atoms with van der Waals surface area (Å²) in [7, 11) is 5.18. The number of nitrogens with zero attached hydrogens (tertiary/aromatic N) is 3. The molecular weight excluding hydrogens is 295 g/mol. The van der Waals surface area contributed by atoms with E-state index in [1.165, 1.54) is 17.0 Å². The molecule has 0 aliphatic heterocycles. The largest absolute Gasteiger partial charge is 0.314 e. The molecule has 5 nitrogen and oxygen atoms in total. The molecule has 0 fully saturated rings. The summed E-state index contributed by atoms with van der Waals surface area (Å²) < 4.78 is 14.6. The second kappa shape index (κ2) is 7.19. The predicted molar refractivity (Wildman–Crippen MR) is 82.1 cm³/mol. The first-order valence-corrected chi connectivity index (χ1v) is 6.22. The molecule has 1 aromatic carbocycles. The van der Waals surface area contributed by atoms with E-state index in [0.717, 1.165) is 5.56 Å². The summed E-state index contributed by atoms with van der Waals surface area (Å²) in [5.74, 6) is -0.459. The molecule has 1 amide bonds. The highest BCUT2D eigenvalue weighted by molar-refractivity contribution is 5.97. The molecule has 114 valence electrons. The lowest BCUT2D eigenvalue weighted by Crippen LogP contribution is -2.37. The van der Waals surface area contributed by atoms with E-state index in [9.17, 15) is 9.18 Å². The Morgan fingerprint density at radius 1 is 1.38 bits per heavy atom. The zero-order valence-electron chi connectivity index (χ0n) is 12.1. The molecular formula is C14H18ClFN4O. The predicted octanol–water partition coefficient (Wildman–Crippen LogP) is 1.90. The Hall–Kier alpha value is -1.92. The fourth-order valence-electron chi connectivity index (χ4n) is 2.01. The molecule has 21 heavy (non-hydrogen) atoms. The molecule has 1 atom stereocenters. The van der Waals surface area contributed by atoms with Crippen LogP contribution in [-0.2, 0) is 11.8 Å². The van der Waals surface area contributed by atoms with E-state index in [-0.39, 0.29) is 24.1 Å². The number of aryl methyl sites for hydroxylation is 1. The molecule has 0 bridgehead atoms. The normalized spacial score (nSPS) is 11.6.